The topological polar surface area (TPSA) is 95.6 Å². The van der Waals surface area contributed by atoms with Crippen LogP contribution < -0.4 is 15.2 Å². The molecular weight excluding hydrogens is 398 g/mol. The molecule has 0 radical (unpaired) electrons. The Labute approximate surface area is 166 Å². The predicted octanol–water partition coefficient (Wildman–Crippen LogP) is 2.65. The molecule has 0 atom stereocenters. The number of nitrogens with zero attached hydrogens (tertiary/aromatic N) is 1. The Balaban J connectivity index is 1.76. The van der Waals surface area contributed by atoms with E-state index in [9.17, 15) is 18.0 Å². The van der Waals surface area contributed by atoms with Gasteiger partial charge in [0.05, 0.1) is 15.5 Å². The molecule has 1 heterocycles. The molecule has 2 amide bonds. The molecule has 144 valence electrons. The van der Waals surface area contributed by atoms with Crippen LogP contribution in [0.5, 0.6) is 0 Å². The first-order valence-electron chi connectivity index (χ1n) is 8.18. The summed E-state index contributed by atoms with van der Waals surface area (Å²) in [4.78, 5) is 24.6. The lowest BCUT2D eigenvalue weighted by Gasteiger charge is -2.19. The van der Waals surface area contributed by atoms with E-state index in [4.69, 9.17) is 0 Å². The number of sulfonamides is 1. The highest BCUT2D eigenvalue weighted by molar-refractivity contribution is 7.92. The van der Waals surface area contributed by atoms with Crippen LogP contribution in [0.1, 0.15) is 20.0 Å². The molecule has 1 aromatic heterocycles. The fourth-order valence-corrected chi connectivity index (χ4v) is 4.25. The molecule has 9 heteroatoms. The van der Waals surface area contributed by atoms with Gasteiger partial charge in [0.2, 0.25) is 0 Å². The molecule has 3 rings (SSSR count). The van der Waals surface area contributed by atoms with E-state index in [0.29, 0.717) is 10.6 Å². The molecule has 2 N–H and O–H groups in total. The van der Waals surface area contributed by atoms with Crippen LogP contribution in [-0.2, 0) is 10.0 Å². The molecule has 3 aromatic rings. The molecule has 2 aromatic carbocycles. The summed E-state index contributed by atoms with van der Waals surface area (Å²) in [6, 6.07) is 17.6. The van der Waals surface area contributed by atoms with Crippen molar-refractivity contribution < 1.29 is 18.0 Å². The Bertz CT molecular complexity index is 1080. The second-order valence-corrected chi connectivity index (χ2v) is 8.64. The van der Waals surface area contributed by atoms with Crippen molar-refractivity contribution >= 4 is 38.9 Å². The van der Waals surface area contributed by atoms with Gasteiger partial charge in [0.15, 0.2) is 0 Å². The maximum atomic E-state index is 12.9. The van der Waals surface area contributed by atoms with Crippen LogP contribution in [0.4, 0.5) is 5.69 Å². The van der Waals surface area contributed by atoms with Gasteiger partial charge in [-0.15, -0.1) is 11.3 Å². The molecular formula is C19H17N3O4S2. The minimum Gasteiger partial charge on any atom is -0.269 e. The van der Waals surface area contributed by atoms with Gasteiger partial charge in [-0.05, 0) is 41.8 Å². The first-order valence-corrected chi connectivity index (χ1v) is 10.5. The predicted molar refractivity (Wildman–Crippen MR) is 108 cm³/mol. The lowest BCUT2D eigenvalue weighted by atomic mass is 10.2. The van der Waals surface area contributed by atoms with E-state index < -0.39 is 21.8 Å². The van der Waals surface area contributed by atoms with E-state index in [1.165, 1.54) is 42.6 Å². The molecule has 28 heavy (non-hydrogen) atoms. The Hall–Kier alpha value is -3.17. The molecule has 7 nitrogen and oxygen atoms in total. The summed E-state index contributed by atoms with van der Waals surface area (Å²) in [6.07, 6.45) is 0. The van der Waals surface area contributed by atoms with Gasteiger partial charge in [0, 0.05) is 12.6 Å². The van der Waals surface area contributed by atoms with E-state index in [1.54, 1.807) is 47.8 Å². The third kappa shape index (κ3) is 4.21. The number of thiophene rings is 1. The van der Waals surface area contributed by atoms with Crippen LogP contribution in [0, 0.1) is 0 Å². The van der Waals surface area contributed by atoms with Crippen molar-refractivity contribution in [3.8, 4) is 0 Å². The Kier molecular flexibility index (Phi) is 5.76. The number of amides is 2. The first kappa shape index (κ1) is 19.6. The van der Waals surface area contributed by atoms with Gasteiger partial charge >= 0.3 is 0 Å². The summed E-state index contributed by atoms with van der Waals surface area (Å²) in [6.45, 7) is 0. The summed E-state index contributed by atoms with van der Waals surface area (Å²) < 4.78 is 26.9. The number of hydrogen-bond acceptors (Lipinski definition) is 5. The van der Waals surface area contributed by atoms with Gasteiger partial charge in [-0.1, -0.05) is 30.3 Å². The Morgan fingerprint density at radius 2 is 1.61 bits per heavy atom. The van der Waals surface area contributed by atoms with Crippen molar-refractivity contribution in [1.82, 2.24) is 10.9 Å². The lowest BCUT2D eigenvalue weighted by Crippen LogP contribution is -2.41. The van der Waals surface area contributed by atoms with Gasteiger partial charge in [0.1, 0.15) is 0 Å². The van der Waals surface area contributed by atoms with Crippen LogP contribution in [0.3, 0.4) is 0 Å². The minimum atomic E-state index is -3.85. The van der Waals surface area contributed by atoms with E-state index in [-0.39, 0.29) is 10.5 Å². The van der Waals surface area contributed by atoms with Gasteiger partial charge < -0.3 is 0 Å². The number of carbonyl (C=O) groups is 2. The maximum Gasteiger partial charge on any atom is 0.279 e. The van der Waals surface area contributed by atoms with E-state index in [1.807, 2.05) is 0 Å². The van der Waals surface area contributed by atoms with Crippen LogP contribution in [0.2, 0.25) is 0 Å². The summed E-state index contributed by atoms with van der Waals surface area (Å²) in [7, 11) is -2.40. The smallest absolute Gasteiger partial charge is 0.269 e. The Morgan fingerprint density at radius 3 is 2.29 bits per heavy atom. The zero-order valence-electron chi connectivity index (χ0n) is 14.8. The highest BCUT2D eigenvalue weighted by Gasteiger charge is 2.22. The fourth-order valence-electron chi connectivity index (χ4n) is 2.39. The summed E-state index contributed by atoms with van der Waals surface area (Å²) in [5, 5.41) is 1.74. The van der Waals surface area contributed by atoms with Crippen LogP contribution in [0.15, 0.2) is 77.0 Å². The summed E-state index contributed by atoms with van der Waals surface area (Å²) >= 11 is 1.24. The van der Waals surface area contributed by atoms with Crippen LogP contribution in [-0.4, -0.2) is 27.3 Å². The third-order valence-corrected chi connectivity index (χ3v) is 6.56. The minimum absolute atomic E-state index is 0.0314. The number of hydrazine groups is 1. The van der Waals surface area contributed by atoms with Gasteiger partial charge in [-0.3, -0.25) is 24.7 Å². The third-order valence-electron chi connectivity index (χ3n) is 3.91. The Morgan fingerprint density at radius 1 is 0.893 bits per heavy atom. The van der Waals surface area contributed by atoms with Crippen molar-refractivity contribution in [3.05, 3.63) is 82.6 Å². The SMILES string of the molecule is CN(c1ccccc1)S(=O)(=O)c1cccc(C(=O)NNC(=O)c2cccs2)c1. The number of anilines is 1. The number of hydrogen-bond donors (Lipinski definition) is 2. The summed E-state index contributed by atoms with van der Waals surface area (Å²) in [5.74, 6) is -1.07. The molecule has 0 aliphatic heterocycles. The largest absolute Gasteiger partial charge is 0.279 e. The highest BCUT2D eigenvalue weighted by atomic mass is 32.2. The van der Waals surface area contributed by atoms with Crippen LogP contribution >= 0.6 is 11.3 Å². The number of benzene rings is 2. The molecule has 0 aliphatic rings. The van der Waals surface area contributed by atoms with E-state index >= 15 is 0 Å². The monoisotopic (exact) mass is 415 g/mol. The average molecular weight is 415 g/mol. The van der Waals surface area contributed by atoms with Crippen LogP contribution in [0.25, 0.3) is 0 Å². The molecule has 0 aliphatic carbocycles. The molecule has 0 fully saturated rings. The average Bonchev–Trinajstić information content (AvgIpc) is 3.27. The van der Waals surface area contributed by atoms with Gasteiger partial charge in [-0.25, -0.2) is 8.42 Å². The summed E-state index contributed by atoms with van der Waals surface area (Å²) in [5.41, 5.74) is 5.19. The van der Waals surface area contributed by atoms with Gasteiger partial charge in [-0.2, -0.15) is 0 Å². The number of para-hydroxylation sites is 1. The second kappa shape index (κ2) is 8.24. The van der Waals surface area contributed by atoms with Crippen molar-refractivity contribution in [2.24, 2.45) is 0 Å². The number of carbonyl (C=O) groups excluding carboxylic acids is 2. The molecule has 0 unspecified atom stereocenters. The number of rotatable bonds is 5. The van der Waals surface area contributed by atoms with Crippen molar-refractivity contribution in [2.45, 2.75) is 4.90 Å². The van der Waals surface area contributed by atoms with E-state index in [2.05, 4.69) is 10.9 Å². The molecule has 0 saturated carbocycles. The molecule has 0 saturated heterocycles. The van der Waals surface area contributed by atoms with Crippen molar-refractivity contribution in [1.29, 1.82) is 0 Å². The second-order valence-electron chi connectivity index (χ2n) is 5.72. The first-order chi connectivity index (χ1) is 13.4. The highest BCUT2D eigenvalue weighted by Crippen LogP contribution is 2.22. The van der Waals surface area contributed by atoms with Crippen molar-refractivity contribution in [3.63, 3.8) is 0 Å². The maximum absolute atomic E-state index is 12.9. The van der Waals surface area contributed by atoms with Crippen molar-refractivity contribution in [2.75, 3.05) is 11.4 Å². The zero-order valence-corrected chi connectivity index (χ0v) is 16.5. The molecule has 0 spiro atoms. The zero-order chi connectivity index (χ0) is 20.1. The quantitative estimate of drug-likeness (QED) is 0.626. The standard InChI is InChI=1S/C19H17N3O4S2/c1-22(15-8-3-2-4-9-15)28(25,26)16-10-5-7-14(13-16)18(23)20-21-19(24)17-11-6-12-27-17/h2-13H,1H3,(H,20,23)(H,21,24). The number of nitrogens with one attached hydrogen (secondary N) is 2. The lowest BCUT2D eigenvalue weighted by molar-refractivity contribution is 0.0849. The van der Waals surface area contributed by atoms with Gasteiger partial charge in [0.25, 0.3) is 21.8 Å². The van der Waals surface area contributed by atoms with E-state index in [0.717, 1.165) is 4.31 Å². The molecule has 0 bridgehead atoms. The fraction of sp³-hybridized carbons (Fsp3) is 0.0526. The normalized spacial score (nSPS) is 10.9.